The van der Waals surface area contributed by atoms with Gasteiger partial charge in [-0.3, -0.25) is 9.74 Å². The van der Waals surface area contributed by atoms with Crippen LogP contribution in [0.4, 0.5) is 44.5 Å². The lowest BCUT2D eigenvalue weighted by atomic mass is 9.82. The number of anilines is 4. The van der Waals surface area contributed by atoms with Crippen LogP contribution in [0, 0.1) is 5.82 Å². The number of rotatable bonds is 4. The minimum absolute atomic E-state index is 0.168. The molecule has 42 heavy (non-hydrogen) atoms. The van der Waals surface area contributed by atoms with Gasteiger partial charge in [-0.1, -0.05) is 42.5 Å². The second-order valence-electron chi connectivity index (χ2n) is 10.3. The van der Waals surface area contributed by atoms with E-state index in [-0.39, 0.29) is 23.4 Å². The summed E-state index contributed by atoms with van der Waals surface area (Å²) in [5, 5.41) is 19.9. The predicted molar refractivity (Wildman–Crippen MR) is 150 cm³/mol. The molecule has 15 heteroatoms. The zero-order valence-electron chi connectivity index (χ0n) is 21.9. The molecule has 2 aliphatic heterocycles. The number of nitrogens with one attached hydrogen (secondary N) is 2. The summed E-state index contributed by atoms with van der Waals surface area (Å²) in [5.41, 5.74) is -0.482. The molecule has 4 heterocycles. The number of para-hydroxylation sites is 2. The Labute approximate surface area is 245 Å². The number of urea groups is 1. The van der Waals surface area contributed by atoms with Gasteiger partial charge in [-0.2, -0.15) is 13.2 Å². The molecule has 0 bridgehead atoms. The molecule has 2 amide bonds. The molecule has 2 aromatic heterocycles. The number of hydrogen-bond donors (Lipinski definition) is 3. The number of aromatic nitrogens is 2. The maximum atomic E-state index is 15.3. The number of benzene rings is 2. The third kappa shape index (κ3) is 4.90. The summed E-state index contributed by atoms with van der Waals surface area (Å²) in [7, 11) is 0. The van der Waals surface area contributed by atoms with Gasteiger partial charge in [0.05, 0.1) is 39.7 Å². The van der Waals surface area contributed by atoms with Crippen molar-refractivity contribution in [1.29, 1.82) is 0 Å². The molecule has 218 valence electrons. The number of aromatic hydroxyl groups is 1. The molecular formula is C27H21ClF4N6O3S. The fourth-order valence-electron chi connectivity index (χ4n) is 5.16. The molecule has 0 aliphatic carbocycles. The number of fused-ring (bicyclic) bond motifs is 2. The summed E-state index contributed by atoms with van der Waals surface area (Å²) in [6, 6.07) is 7.63. The highest BCUT2D eigenvalue weighted by Gasteiger charge is 2.44. The van der Waals surface area contributed by atoms with E-state index in [4.69, 9.17) is 16.3 Å². The first-order valence-electron chi connectivity index (χ1n) is 12.5. The van der Waals surface area contributed by atoms with Crippen molar-refractivity contribution in [2.75, 3.05) is 22.1 Å². The highest BCUT2D eigenvalue weighted by Crippen LogP contribution is 2.54. The van der Waals surface area contributed by atoms with Gasteiger partial charge in [-0.15, -0.1) is 0 Å². The van der Waals surface area contributed by atoms with E-state index in [9.17, 15) is 23.1 Å². The average Bonchev–Trinajstić information content (AvgIpc) is 3.60. The summed E-state index contributed by atoms with van der Waals surface area (Å²) in [6.45, 7) is 4.10. The standard InChI is InChI=1S/C27H21ClF4N6O3S/c1-26(2)12-38(23-17(39)9-13(29)21(22(23)26)18-10-20(36-41-18)27(30,31)32)16-6-4-3-5-14(16)33-24(40)35-25-34-15-11-37(28)8-7-19(15)42-25/h3-10,39H,11-12H2,1-2H3,(H2,33,34,35,40). The van der Waals surface area contributed by atoms with E-state index in [0.29, 0.717) is 29.1 Å². The smallest absolute Gasteiger partial charge is 0.436 e. The van der Waals surface area contributed by atoms with E-state index < -0.39 is 40.6 Å². The number of carbonyl (C=O) groups excluding carboxylic acids is 1. The van der Waals surface area contributed by atoms with Gasteiger partial charge in [0.25, 0.3) is 0 Å². The van der Waals surface area contributed by atoms with Crippen molar-refractivity contribution in [2.45, 2.75) is 32.0 Å². The highest BCUT2D eigenvalue weighted by molar-refractivity contribution is 7.16. The number of thiazole rings is 1. The number of nitrogens with zero attached hydrogens (tertiary/aromatic N) is 4. The number of phenolic OH excluding ortho intramolecular Hbond substituents is 1. The maximum absolute atomic E-state index is 15.3. The molecule has 2 aromatic carbocycles. The summed E-state index contributed by atoms with van der Waals surface area (Å²) in [5.74, 6) is -1.81. The van der Waals surface area contributed by atoms with Gasteiger partial charge >= 0.3 is 12.2 Å². The van der Waals surface area contributed by atoms with Crippen molar-refractivity contribution in [3.8, 4) is 17.1 Å². The molecule has 0 atom stereocenters. The number of halogens is 5. The largest absolute Gasteiger partial charge is 0.506 e. The molecular weight excluding hydrogens is 600 g/mol. The fourth-order valence-corrected chi connectivity index (χ4v) is 6.19. The van der Waals surface area contributed by atoms with Crippen LogP contribution in [0.3, 0.4) is 0 Å². The quantitative estimate of drug-likeness (QED) is 0.159. The molecule has 3 N–H and O–H groups in total. The van der Waals surface area contributed by atoms with Crippen LogP contribution in [0.5, 0.6) is 5.75 Å². The zero-order chi connectivity index (χ0) is 30.0. The van der Waals surface area contributed by atoms with E-state index in [1.165, 1.54) is 15.8 Å². The Balaban J connectivity index is 1.35. The third-order valence-electron chi connectivity index (χ3n) is 6.86. The molecule has 0 saturated carbocycles. The van der Waals surface area contributed by atoms with Crippen molar-refractivity contribution in [2.24, 2.45) is 0 Å². The topological polar surface area (TPSA) is 107 Å². The minimum Gasteiger partial charge on any atom is -0.506 e. The summed E-state index contributed by atoms with van der Waals surface area (Å²) in [4.78, 5) is 19.9. The minimum atomic E-state index is -4.79. The van der Waals surface area contributed by atoms with Crippen LogP contribution in [-0.4, -0.2) is 32.2 Å². The predicted octanol–water partition coefficient (Wildman–Crippen LogP) is 7.68. The molecule has 0 fully saturated rings. The van der Waals surface area contributed by atoms with Crippen molar-refractivity contribution in [3.63, 3.8) is 0 Å². The van der Waals surface area contributed by atoms with Crippen LogP contribution in [0.2, 0.25) is 0 Å². The second-order valence-corrected chi connectivity index (χ2v) is 11.8. The van der Waals surface area contributed by atoms with E-state index in [1.807, 2.05) is 0 Å². The summed E-state index contributed by atoms with van der Waals surface area (Å²) >= 11 is 7.28. The monoisotopic (exact) mass is 620 g/mol. The molecule has 0 saturated heterocycles. The lowest BCUT2D eigenvalue weighted by Gasteiger charge is -2.25. The highest BCUT2D eigenvalue weighted by atomic mass is 35.5. The van der Waals surface area contributed by atoms with Gasteiger partial charge in [0.15, 0.2) is 16.6 Å². The first-order valence-corrected chi connectivity index (χ1v) is 13.6. The van der Waals surface area contributed by atoms with Crippen LogP contribution in [-0.2, 0) is 18.1 Å². The first-order chi connectivity index (χ1) is 19.8. The Morgan fingerprint density at radius 2 is 1.98 bits per heavy atom. The average molecular weight is 621 g/mol. The normalized spacial score (nSPS) is 15.5. The second kappa shape index (κ2) is 9.91. The Kier molecular flexibility index (Phi) is 6.57. The molecule has 9 nitrogen and oxygen atoms in total. The zero-order valence-corrected chi connectivity index (χ0v) is 23.5. The lowest BCUT2D eigenvalue weighted by Crippen LogP contribution is -2.27. The van der Waals surface area contributed by atoms with Crippen molar-refractivity contribution in [3.05, 3.63) is 70.2 Å². The van der Waals surface area contributed by atoms with Gasteiger partial charge in [0.2, 0.25) is 0 Å². The Morgan fingerprint density at radius 1 is 1.21 bits per heavy atom. The van der Waals surface area contributed by atoms with Crippen LogP contribution in [0.25, 0.3) is 17.4 Å². The van der Waals surface area contributed by atoms with Gasteiger partial charge in [0.1, 0.15) is 11.6 Å². The Bertz CT molecular complexity index is 1750. The third-order valence-corrected chi connectivity index (χ3v) is 8.07. The molecule has 0 radical (unpaired) electrons. The number of alkyl halides is 3. The van der Waals surface area contributed by atoms with Crippen LogP contribution < -0.4 is 15.5 Å². The van der Waals surface area contributed by atoms with Gasteiger partial charge in [0, 0.05) is 47.6 Å². The fraction of sp³-hybridized carbons (Fsp3) is 0.222. The molecule has 0 spiro atoms. The van der Waals surface area contributed by atoms with Crippen molar-refractivity contribution in [1.82, 2.24) is 14.6 Å². The maximum Gasteiger partial charge on any atom is 0.436 e. The van der Waals surface area contributed by atoms with E-state index in [2.05, 4.69) is 20.8 Å². The van der Waals surface area contributed by atoms with E-state index >= 15 is 4.39 Å². The Hall–Kier alpha value is -4.30. The van der Waals surface area contributed by atoms with Crippen molar-refractivity contribution < 1.29 is 32.0 Å². The van der Waals surface area contributed by atoms with Crippen LogP contribution in [0.1, 0.15) is 35.7 Å². The van der Waals surface area contributed by atoms with Gasteiger partial charge in [-0.25, -0.2) is 14.2 Å². The summed E-state index contributed by atoms with van der Waals surface area (Å²) in [6.07, 6.45) is -1.30. The van der Waals surface area contributed by atoms with Gasteiger partial charge in [-0.05, 0) is 18.2 Å². The molecule has 0 unspecified atom stereocenters. The van der Waals surface area contributed by atoms with E-state index in [1.54, 1.807) is 55.3 Å². The Morgan fingerprint density at radius 3 is 2.71 bits per heavy atom. The number of carbonyl (C=O) groups is 1. The van der Waals surface area contributed by atoms with Gasteiger partial charge < -0.3 is 19.8 Å². The van der Waals surface area contributed by atoms with Crippen molar-refractivity contribution >= 4 is 57.4 Å². The molecule has 2 aliphatic rings. The number of amides is 2. The lowest BCUT2D eigenvalue weighted by molar-refractivity contribution is -0.142. The molecule has 4 aromatic rings. The van der Waals surface area contributed by atoms with Crippen LogP contribution in [0.15, 0.2) is 47.1 Å². The summed E-state index contributed by atoms with van der Waals surface area (Å²) < 4.78 is 61.4. The van der Waals surface area contributed by atoms with Crippen LogP contribution >= 0.6 is 23.1 Å². The first kappa shape index (κ1) is 27.8. The number of phenols is 1. The molecule has 6 rings (SSSR count). The number of hydrogen-bond acceptors (Lipinski definition) is 8. The SMILES string of the molecule is CC1(C)CN(c2ccccc2NC(=O)Nc2nc3c(s2)C=CN(Cl)C3)c2c(O)cc(F)c(-c3cc(C(F)(F)F)no3)c21. The van der Waals surface area contributed by atoms with E-state index in [0.717, 1.165) is 16.6 Å².